The van der Waals surface area contributed by atoms with E-state index in [0.29, 0.717) is 6.10 Å². The molecule has 0 unspecified atom stereocenters. The van der Waals surface area contributed by atoms with Crippen molar-refractivity contribution in [3.05, 3.63) is 65.2 Å². The van der Waals surface area contributed by atoms with Gasteiger partial charge in [-0.1, -0.05) is 42.0 Å². The highest BCUT2D eigenvalue weighted by atomic mass is 16.5. The van der Waals surface area contributed by atoms with Gasteiger partial charge in [-0.3, -0.25) is 4.90 Å². The van der Waals surface area contributed by atoms with Gasteiger partial charge in [0.05, 0.1) is 0 Å². The number of nitrogens with zero attached hydrogens (tertiary/aromatic N) is 2. The van der Waals surface area contributed by atoms with Crippen LogP contribution < -0.4 is 4.74 Å². The van der Waals surface area contributed by atoms with Crippen molar-refractivity contribution in [1.82, 2.24) is 9.80 Å². The Morgan fingerprint density at radius 2 is 1.48 bits per heavy atom. The Morgan fingerprint density at radius 1 is 0.806 bits per heavy atom. The molecule has 0 bridgehead atoms. The van der Waals surface area contributed by atoms with Gasteiger partial charge in [0.1, 0.15) is 11.9 Å². The molecule has 3 heteroatoms. The number of aryl methyl sites for hydroxylation is 1. The number of hydrogen-bond acceptors (Lipinski definition) is 3. The first-order valence-electron chi connectivity index (χ1n) is 12.5. The Morgan fingerprint density at radius 3 is 2.16 bits per heavy atom. The molecule has 2 aromatic carbocycles. The molecule has 5 rings (SSSR count). The Labute approximate surface area is 188 Å². The summed E-state index contributed by atoms with van der Waals surface area (Å²) < 4.78 is 6.20. The molecule has 0 aromatic heterocycles. The van der Waals surface area contributed by atoms with Gasteiger partial charge in [0, 0.05) is 26.2 Å². The van der Waals surface area contributed by atoms with E-state index in [1.165, 1.54) is 69.5 Å². The van der Waals surface area contributed by atoms with E-state index in [4.69, 9.17) is 4.74 Å². The van der Waals surface area contributed by atoms with E-state index >= 15 is 0 Å². The maximum Gasteiger partial charge on any atom is 0.119 e. The number of rotatable bonds is 7. The maximum absolute atomic E-state index is 6.20. The lowest BCUT2D eigenvalue weighted by atomic mass is 9.71. The first-order valence-corrected chi connectivity index (χ1v) is 12.5. The van der Waals surface area contributed by atoms with Crippen LogP contribution in [-0.2, 0) is 6.54 Å². The molecule has 2 aliphatic heterocycles. The summed E-state index contributed by atoms with van der Waals surface area (Å²) in [5.41, 5.74) is 4.34. The van der Waals surface area contributed by atoms with Gasteiger partial charge in [-0.05, 0) is 93.6 Å². The zero-order chi connectivity index (χ0) is 21.0. The number of likely N-dealkylation sites (tertiary alicyclic amines) is 2. The molecular weight excluding hydrogens is 380 g/mol. The van der Waals surface area contributed by atoms with Crippen LogP contribution in [0.5, 0.6) is 5.75 Å². The molecule has 3 nitrogen and oxygen atoms in total. The van der Waals surface area contributed by atoms with Gasteiger partial charge >= 0.3 is 0 Å². The topological polar surface area (TPSA) is 15.7 Å². The van der Waals surface area contributed by atoms with E-state index in [1.807, 2.05) is 0 Å². The van der Waals surface area contributed by atoms with Crippen molar-refractivity contribution in [2.24, 2.45) is 5.92 Å². The van der Waals surface area contributed by atoms with Gasteiger partial charge in [0.2, 0.25) is 0 Å². The van der Waals surface area contributed by atoms with E-state index < -0.39 is 0 Å². The van der Waals surface area contributed by atoms with Crippen LogP contribution in [0.2, 0.25) is 0 Å². The maximum atomic E-state index is 6.20. The molecular formula is C28H38N2O. The van der Waals surface area contributed by atoms with Crippen LogP contribution in [0.3, 0.4) is 0 Å². The fourth-order valence-corrected chi connectivity index (χ4v) is 5.64. The fraction of sp³-hybridized carbons (Fsp3) is 0.571. The summed E-state index contributed by atoms with van der Waals surface area (Å²) >= 11 is 0. The standard InChI is InChI=1S/C28H38N2O/c1-22-4-10-27(11-5-22)31-28-12-16-30(17-13-28)21-24-18-26(19-24)25-8-6-23(7-9-25)20-29-14-2-3-15-29/h4-11,24,26,28H,2-3,12-21H2,1H3/t24-,26-. The third-order valence-electron chi connectivity index (χ3n) is 7.67. The monoisotopic (exact) mass is 418 g/mol. The normalized spacial score (nSPS) is 25.5. The lowest BCUT2D eigenvalue weighted by Crippen LogP contribution is -2.42. The van der Waals surface area contributed by atoms with E-state index in [1.54, 1.807) is 5.56 Å². The quantitative estimate of drug-likeness (QED) is 0.580. The molecule has 0 N–H and O–H groups in total. The van der Waals surface area contributed by atoms with Crippen LogP contribution in [0.4, 0.5) is 0 Å². The van der Waals surface area contributed by atoms with Crippen molar-refractivity contribution in [2.45, 2.75) is 64.0 Å². The first kappa shape index (κ1) is 21.0. The van der Waals surface area contributed by atoms with Crippen molar-refractivity contribution in [1.29, 1.82) is 0 Å². The predicted molar refractivity (Wildman–Crippen MR) is 128 cm³/mol. The Balaban J connectivity index is 1.01. The third-order valence-corrected chi connectivity index (χ3v) is 7.67. The summed E-state index contributed by atoms with van der Waals surface area (Å²) in [6, 6.07) is 18.0. The van der Waals surface area contributed by atoms with Crippen molar-refractivity contribution in [3.8, 4) is 5.75 Å². The molecule has 0 spiro atoms. The van der Waals surface area contributed by atoms with E-state index in [0.717, 1.165) is 37.0 Å². The van der Waals surface area contributed by atoms with Gasteiger partial charge in [0.15, 0.2) is 0 Å². The van der Waals surface area contributed by atoms with E-state index in [9.17, 15) is 0 Å². The van der Waals surface area contributed by atoms with Crippen molar-refractivity contribution in [3.63, 3.8) is 0 Å². The molecule has 166 valence electrons. The average molecular weight is 419 g/mol. The Kier molecular flexibility index (Phi) is 6.61. The molecule has 0 atom stereocenters. The van der Waals surface area contributed by atoms with Crippen molar-refractivity contribution in [2.75, 3.05) is 32.7 Å². The Hall–Kier alpha value is -1.84. The lowest BCUT2D eigenvalue weighted by molar-refractivity contribution is 0.0760. The van der Waals surface area contributed by atoms with Crippen LogP contribution in [0.15, 0.2) is 48.5 Å². The minimum atomic E-state index is 0.382. The molecule has 0 radical (unpaired) electrons. The molecule has 2 saturated heterocycles. The van der Waals surface area contributed by atoms with Crippen molar-refractivity contribution >= 4 is 0 Å². The van der Waals surface area contributed by atoms with Gasteiger partial charge in [-0.15, -0.1) is 0 Å². The number of piperidine rings is 1. The van der Waals surface area contributed by atoms with E-state index in [2.05, 4.69) is 65.3 Å². The second kappa shape index (κ2) is 9.75. The first-order chi connectivity index (χ1) is 15.2. The summed E-state index contributed by atoms with van der Waals surface area (Å²) in [7, 11) is 0. The van der Waals surface area contributed by atoms with Crippen LogP contribution in [0, 0.1) is 12.8 Å². The second-order valence-electron chi connectivity index (χ2n) is 10.2. The average Bonchev–Trinajstić information content (AvgIpc) is 3.27. The predicted octanol–water partition coefficient (Wildman–Crippen LogP) is 5.63. The number of hydrogen-bond donors (Lipinski definition) is 0. The van der Waals surface area contributed by atoms with Gasteiger partial charge in [-0.2, -0.15) is 0 Å². The lowest BCUT2D eigenvalue weighted by Gasteiger charge is -2.41. The summed E-state index contributed by atoms with van der Waals surface area (Å²) in [4.78, 5) is 5.26. The minimum absolute atomic E-state index is 0.382. The molecule has 0 amide bonds. The summed E-state index contributed by atoms with van der Waals surface area (Å²) in [6.45, 7) is 9.46. The molecule has 1 aliphatic carbocycles. The molecule has 2 aromatic rings. The molecule has 3 fully saturated rings. The summed E-state index contributed by atoms with van der Waals surface area (Å²) in [6.07, 6.45) is 8.17. The molecule has 3 aliphatic rings. The minimum Gasteiger partial charge on any atom is -0.490 e. The van der Waals surface area contributed by atoms with Gasteiger partial charge in [-0.25, -0.2) is 0 Å². The third kappa shape index (κ3) is 5.51. The van der Waals surface area contributed by atoms with Crippen LogP contribution in [0.25, 0.3) is 0 Å². The fourth-order valence-electron chi connectivity index (χ4n) is 5.64. The Bertz CT molecular complexity index is 811. The molecule has 31 heavy (non-hydrogen) atoms. The highest BCUT2D eigenvalue weighted by molar-refractivity contribution is 5.28. The largest absolute Gasteiger partial charge is 0.490 e. The highest BCUT2D eigenvalue weighted by Crippen LogP contribution is 2.42. The zero-order valence-corrected chi connectivity index (χ0v) is 19.1. The molecule has 2 heterocycles. The van der Waals surface area contributed by atoms with Crippen LogP contribution in [0.1, 0.15) is 61.1 Å². The number of ether oxygens (including phenoxy) is 1. The second-order valence-corrected chi connectivity index (χ2v) is 10.2. The van der Waals surface area contributed by atoms with E-state index in [-0.39, 0.29) is 0 Å². The smallest absolute Gasteiger partial charge is 0.119 e. The van der Waals surface area contributed by atoms with Crippen LogP contribution >= 0.6 is 0 Å². The van der Waals surface area contributed by atoms with Gasteiger partial charge < -0.3 is 9.64 Å². The number of benzene rings is 2. The summed E-state index contributed by atoms with van der Waals surface area (Å²) in [5, 5.41) is 0. The molecule has 1 saturated carbocycles. The highest BCUT2D eigenvalue weighted by Gasteiger charge is 2.32. The SMILES string of the molecule is Cc1ccc(OC2CCN(C[C@H]3C[C@H](c4ccc(CN5CCCC5)cc4)C3)CC2)cc1. The summed E-state index contributed by atoms with van der Waals surface area (Å²) in [5.74, 6) is 2.69. The van der Waals surface area contributed by atoms with Gasteiger partial charge in [0.25, 0.3) is 0 Å². The zero-order valence-electron chi connectivity index (χ0n) is 19.1. The van der Waals surface area contributed by atoms with Crippen LogP contribution in [-0.4, -0.2) is 48.6 Å². The van der Waals surface area contributed by atoms with Crippen molar-refractivity contribution < 1.29 is 4.74 Å².